The first-order valence-electron chi connectivity index (χ1n) is 9.16. The molecule has 2 N–H and O–H groups in total. The molecule has 0 radical (unpaired) electrons. The van der Waals surface area contributed by atoms with Gasteiger partial charge in [-0.05, 0) is 51.0 Å². The van der Waals surface area contributed by atoms with Crippen LogP contribution in [0, 0.1) is 0 Å². The van der Waals surface area contributed by atoms with E-state index in [-0.39, 0.29) is 31.9 Å². The van der Waals surface area contributed by atoms with Gasteiger partial charge in [-0.2, -0.15) is 0 Å². The second-order valence-corrected chi connectivity index (χ2v) is 7.67. The van der Waals surface area contributed by atoms with Gasteiger partial charge in [-0.25, -0.2) is 9.59 Å². The highest BCUT2D eigenvalue weighted by Gasteiger charge is 2.38. The van der Waals surface area contributed by atoms with Crippen molar-refractivity contribution in [3.05, 3.63) is 29.3 Å². The summed E-state index contributed by atoms with van der Waals surface area (Å²) in [6, 6.07) is 3.83. The summed E-state index contributed by atoms with van der Waals surface area (Å²) in [6.07, 6.45) is 0.00714. The van der Waals surface area contributed by atoms with Crippen LogP contribution < -0.4 is 10.5 Å². The second-order valence-electron chi connectivity index (χ2n) is 7.67. The lowest BCUT2D eigenvalue weighted by atomic mass is 10.1. The molecule has 0 spiro atoms. The highest BCUT2D eigenvalue weighted by molar-refractivity contribution is 6.00. The number of rotatable bonds is 8. The summed E-state index contributed by atoms with van der Waals surface area (Å²) in [5.41, 5.74) is 5.55. The topological polar surface area (TPSA) is 125 Å². The zero-order valence-electron chi connectivity index (χ0n) is 17.0. The fourth-order valence-electron chi connectivity index (χ4n) is 2.91. The molecule has 9 heteroatoms. The molecule has 158 valence electrons. The molecule has 0 saturated carbocycles. The lowest BCUT2D eigenvalue weighted by Gasteiger charge is -2.29. The molecule has 0 aliphatic carbocycles. The number of hydrogen-bond donors (Lipinski definition) is 1. The van der Waals surface area contributed by atoms with Crippen molar-refractivity contribution in [1.82, 2.24) is 4.90 Å². The molecule has 29 heavy (non-hydrogen) atoms. The molecule has 1 aromatic carbocycles. The third-order valence-electron chi connectivity index (χ3n) is 4.21. The van der Waals surface area contributed by atoms with Gasteiger partial charge in [-0.1, -0.05) is 0 Å². The summed E-state index contributed by atoms with van der Waals surface area (Å²) >= 11 is 0. The molecule has 0 fully saturated rings. The first kappa shape index (κ1) is 22.2. The van der Waals surface area contributed by atoms with Crippen LogP contribution in [0.2, 0.25) is 0 Å². The van der Waals surface area contributed by atoms with Gasteiger partial charge >= 0.3 is 11.9 Å². The highest BCUT2D eigenvalue weighted by atomic mass is 16.6. The molecule has 0 saturated heterocycles. The predicted octanol–water partition coefficient (Wildman–Crippen LogP) is 1.17. The minimum atomic E-state index is -0.943. The van der Waals surface area contributed by atoms with Crippen molar-refractivity contribution in [2.45, 2.75) is 51.8 Å². The van der Waals surface area contributed by atoms with Crippen molar-refractivity contribution >= 4 is 23.8 Å². The van der Waals surface area contributed by atoms with E-state index in [2.05, 4.69) is 4.74 Å². The van der Waals surface area contributed by atoms with Crippen molar-refractivity contribution in [3.8, 4) is 5.75 Å². The van der Waals surface area contributed by atoms with Gasteiger partial charge in [0.15, 0.2) is 6.61 Å². The Morgan fingerprint density at radius 3 is 2.52 bits per heavy atom. The Morgan fingerprint density at radius 2 is 1.93 bits per heavy atom. The smallest absolute Gasteiger partial charge is 0.343 e. The number of methoxy groups -OCH3 is 1. The number of benzene rings is 1. The fourth-order valence-corrected chi connectivity index (χ4v) is 2.91. The number of fused-ring (bicyclic) bond motifs is 1. The van der Waals surface area contributed by atoms with Crippen molar-refractivity contribution in [2.24, 2.45) is 5.73 Å². The molecule has 0 bridgehead atoms. The molecule has 0 aromatic heterocycles. The normalized spacial score (nSPS) is 14.2. The van der Waals surface area contributed by atoms with Gasteiger partial charge < -0.3 is 24.8 Å². The van der Waals surface area contributed by atoms with Crippen LogP contribution in [0.15, 0.2) is 18.2 Å². The Bertz CT molecular complexity index is 814. The SMILES string of the molecule is COC(=O)COc1ccc2c(c1)CN(C(CCC(N)=O)C(=O)OC(C)(C)C)C2=O. The maximum atomic E-state index is 12.9. The first-order chi connectivity index (χ1) is 13.5. The number of carbonyl (C=O) groups excluding carboxylic acids is 4. The summed E-state index contributed by atoms with van der Waals surface area (Å²) in [6.45, 7) is 5.06. The number of esters is 2. The zero-order chi connectivity index (χ0) is 21.8. The van der Waals surface area contributed by atoms with Crippen LogP contribution >= 0.6 is 0 Å². The van der Waals surface area contributed by atoms with Gasteiger partial charge in [0.1, 0.15) is 17.4 Å². The number of carbonyl (C=O) groups is 4. The summed E-state index contributed by atoms with van der Waals surface area (Å²) in [7, 11) is 1.26. The van der Waals surface area contributed by atoms with E-state index in [9.17, 15) is 19.2 Å². The van der Waals surface area contributed by atoms with Crippen molar-refractivity contribution < 1.29 is 33.4 Å². The monoisotopic (exact) mass is 406 g/mol. The largest absolute Gasteiger partial charge is 0.482 e. The molecule has 2 amide bonds. The third-order valence-corrected chi connectivity index (χ3v) is 4.21. The third kappa shape index (κ3) is 5.94. The summed E-state index contributed by atoms with van der Waals surface area (Å²) in [4.78, 5) is 49.4. The maximum Gasteiger partial charge on any atom is 0.343 e. The summed E-state index contributed by atoms with van der Waals surface area (Å²) in [5.74, 6) is -1.64. The Morgan fingerprint density at radius 1 is 1.24 bits per heavy atom. The van der Waals surface area contributed by atoms with Crippen molar-refractivity contribution in [2.75, 3.05) is 13.7 Å². The minimum Gasteiger partial charge on any atom is -0.482 e. The predicted molar refractivity (Wildman–Crippen MR) is 102 cm³/mol. The molecule has 1 atom stereocenters. The van der Waals surface area contributed by atoms with Crippen LogP contribution in [0.25, 0.3) is 0 Å². The molecule has 9 nitrogen and oxygen atoms in total. The number of hydrogen-bond acceptors (Lipinski definition) is 7. The van der Waals surface area contributed by atoms with Gasteiger partial charge in [0.2, 0.25) is 5.91 Å². The van der Waals surface area contributed by atoms with E-state index < -0.39 is 29.5 Å². The molecule has 1 heterocycles. The van der Waals surface area contributed by atoms with Crippen LogP contribution in [-0.2, 0) is 30.4 Å². The Labute approximate surface area is 169 Å². The van der Waals surface area contributed by atoms with E-state index in [4.69, 9.17) is 15.2 Å². The van der Waals surface area contributed by atoms with Gasteiger partial charge in [0.25, 0.3) is 5.91 Å². The van der Waals surface area contributed by atoms with Crippen LogP contribution in [0.5, 0.6) is 5.75 Å². The Kier molecular flexibility index (Phi) is 6.84. The van der Waals surface area contributed by atoms with E-state index in [1.165, 1.54) is 12.0 Å². The average molecular weight is 406 g/mol. The van der Waals surface area contributed by atoms with Crippen LogP contribution in [0.3, 0.4) is 0 Å². The minimum absolute atomic E-state index is 0.0580. The number of ether oxygens (including phenoxy) is 3. The van der Waals surface area contributed by atoms with E-state index >= 15 is 0 Å². The molecular weight excluding hydrogens is 380 g/mol. The number of nitrogens with zero attached hydrogens (tertiary/aromatic N) is 1. The second kappa shape index (κ2) is 8.93. The fraction of sp³-hybridized carbons (Fsp3) is 0.500. The van der Waals surface area contributed by atoms with Crippen LogP contribution in [0.1, 0.15) is 49.5 Å². The number of nitrogens with two attached hydrogens (primary N) is 1. The van der Waals surface area contributed by atoms with Crippen LogP contribution in [-0.4, -0.2) is 54.0 Å². The molecule has 2 rings (SSSR count). The quantitative estimate of drug-likeness (QED) is 0.642. The van der Waals surface area contributed by atoms with E-state index in [1.54, 1.807) is 39.0 Å². The molecule has 1 aliphatic heterocycles. The molecule has 1 aromatic rings. The maximum absolute atomic E-state index is 12.9. The molecule has 1 aliphatic rings. The highest BCUT2D eigenvalue weighted by Crippen LogP contribution is 2.30. The van der Waals surface area contributed by atoms with Gasteiger partial charge in [0.05, 0.1) is 7.11 Å². The Hall–Kier alpha value is -3.10. The van der Waals surface area contributed by atoms with Gasteiger partial charge in [-0.3, -0.25) is 9.59 Å². The standard InChI is InChI=1S/C20H26N2O7/c1-20(2,3)29-19(26)15(7-8-16(21)23)22-10-12-9-13(28-11-17(24)27-4)5-6-14(12)18(22)25/h5-6,9,15H,7-8,10-11H2,1-4H3,(H2,21,23). The number of amides is 2. The lowest BCUT2D eigenvalue weighted by molar-refractivity contribution is -0.161. The van der Waals surface area contributed by atoms with Gasteiger partial charge in [0, 0.05) is 18.5 Å². The molecular formula is C20H26N2O7. The Balaban J connectivity index is 2.21. The van der Waals surface area contributed by atoms with E-state index in [0.717, 1.165) is 0 Å². The summed E-state index contributed by atoms with van der Waals surface area (Å²) in [5, 5.41) is 0. The molecule has 1 unspecified atom stereocenters. The lowest BCUT2D eigenvalue weighted by Crippen LogP contribution is -2.45. The van der Waals surface area contributed by atoms with E-state index in [1.807, 2.05) is 0 Å². The number of primary amides is 1. The zero-order valence-corrected chi connectivity index (χ0v) is 17.0. The van der Waals surface area contributed by atoms with Crippen molar-refractivity contribution in [1.29, 1.82) is 0 Å². The summed E-state index contributed by atoms with van der Waals surface area (Å²) < 4.78 is 15.3. The average Bonchev–Trinajstić information content (AvgIpc) is 2.94. The van der Waals surface area contributed by atoms with E-state index in [0.29, 0.717) is 16.9 Å². The van der Waals surface area contributed by atoms with Crippen LogP contribution in [0.4, 0.5) is 0 Å². The first-order valence-corrected chi connectivity index (χ1v) is 9.16. The van der Waals surface area contributed by atoms with Gasteiger partial charge in [-0.15, -0.1) is 0 Å². The van der Waals surface area contributed by atoms with Crippen molar-refractivity contribution in [3.63, 3.8) is 0 Å².